The Balaban J connectivity index is 1.82. The van der Waals surface area contributed by atoms with Gasteiger partial charge in [-0.3, -0.25) is 14.9 Å². The summed E-state index contributed by atoms with van der Waals surface area (Å²) in [6, 6.07) is 10.8. The molecule has 3 rings (SSSR count). The van der Waals surface area contributed by atoms with Crippen molar-refractivity contribution in [3.63, 3.8) is 0 Å². The fraction of sp³-hybridized carbons (Fsp3) is 0. The number of halogens is 1. The number of benzene rings is 2. The van der Waals surface area contributed by atoms with Gasteiger partial charge < -0.3 is 9.63 Å². The van der Waals surface area contributed by atoms with Crippen LogP contribution < -0.4 is 5.32 Å². The summed E-state index contributed by atoms with van der Waals surface area (Å²) in [5, 5.41) is 15.3. The minimum absolute atomic E-state index is 0.111. The summed E-state index contributed by atoms with van der Waals surface area (Å²) in [6.07, 6.45) is 0.247. The van der Waals surface area contributed by atoms with Gasteiger partial charge in [0.1, 0.15) is 0 Å². The number of phenolic OH excluding ortho intramolecular Hbond substituents is 1. The summed E-state index contributed by atoms with van der Waals surface area (Å²) < 4.78 is 18.5. The van der Waals surface area contributed by atoms with Crippen LogP contribution in [0, 0.1) is 5.82 Å². The average molecular weight is 327 g/mol. The molecule has 2 aromatic carbocycles. The fourth-order valence-corrected chi connectivity index (χ4v) is 1.99. The van der Waals surface area contributed by atoms with Crippen molar-refractivity contribution in [2.75, 3.05) is 5.32 Å². The van der Waals surface area contributed by atoms with Crippen LogP contribution in [0.2, 0.25) is 0 Å². The molecule has 2 N–H and O–H groups in total. The molecule has 0 unspecified atom stereocenters. The smallest absolute Gasteiger partial charge is 0.270 e. The molecule has 3 aromatic rings. The van der Waals surface area contributed by atoms with Crippen LogP contribution in [0.1, 0.15) is 20.7 Å². The quantitative estimate of drug-likeness (QED) is 0.714. The van der Waals surface area contributed by atoms with E-state index in [1.165, 1.54) is 0 Å². The van der Waals surface area contributed by atoms with Crippen LogP contribution in [0.3, 0.4) is 0 Å². The number of hydrogen-bond acceptors (Lipinski definition) is 6. The summed E-state index contributed by atoms with van der Waals surface area (Å²) >= 11 is 0. The first-order valence-corrected chi connectivity index (χ1v) is 6.76. The van der Waals surface area contributed by atoms with E-state index in [0.29, 0.717) is 5.56 Å². The van der Waals surface area contributed by atoms with E-state index in [1.807, 2.05) is 6.07 Å². The summed E-state index contributed by atoms with van der Waals surface area (Å²) in [6.45, 7) is 0. The van der Waals surface area contributed by atoms with Gasteiger partial charge >= 0.3 is 0 Å². The molecule has 0 saturated heterocycles. The van der Waals surface area contributed by atoms with Gasteiger partial charge in [-0.05, 0) is 29.4 Å². The highest BCUT2D eigenvalue weighted by Crippen LogP contribution is 2.23. The Bertz CT molecular complexity index is 909. The molecule has 0 aliphatic carbocycles. The molecular formula is C16H10FN3O4. The van der Waals surface area contributed by atoms with Gasteiger partial charge in [-0.25, -0.2) is 4.39 Å². The topological polar surface area (TPSA) is 105 Å². The molecule has 24 heavy (non-hydrogen) atoms. The lowest BCUT2D eigenvalue weighted by Crippen LogP contribution is -2.13. The zero-order valence-electron chi connectivity index (χ0n) is 12.1. The summed E-state index contributed by atoms with van der Waals surface area (Å²) in [4.78, 5) is 26.9. The Hall–Kier alpha value is -3.55. The number of nitrogens with zero attached hydrogens (tertiary/aromatic N) is 2. The summed E-state index contributed by atoms with van der Waals surface area (Å²) in [5.74, 6) is -2.55. The molecule has 1 aromatic heterocycles. The Morgan fingerprint density at radius 2 is 2.00 bits per heavy atom. The van der Waals surface area contributed by atoms with Crippen molar-refractivity contribution in [3.8, 4) is 17.2 Å². The largest absolute Gasteiger partial charge is 0.504 e. The standard InChI is InChI=1S/C16H10FN3O4/c17-12-7-10(6-11(8-21)13(12)22)14(23)18-16-19-15(24-20-16)9-4-2-1-3-5-9/h1-8,22H,(H,18,20,23). The molecule has 0 bridgehead atoms. The minimum atomic E-state index is -1.08. The van der Waals surface area contributed by atoms with E-state index >= 15 is 0 Å². The van der Waals surface area contributed by atoms with Gasteiger partial charge in [-0.15, -0.1) is 0 Å². The second kappa shape index (κ2) is 6.29. The van der Waals surface area contributed by atoms with E-state index in [2.05, 4.69) is 15.5 Å². The van der Waals surface area contributed by atoms with Crippen LogP contribution in [0.25, 0.3) is 11.5 Å². The maximum atomic E-state index is 13.5. The predicted molar refractivity (Wildman–Crippen MR) is 81.1 cm³/mol. The third-order valence-electron chi connectivity index (χ3n) is 3.15. The molecule has 0 aliphatic heterocycles. The molecule has 120 valence electrons. The van der Waals surface area contributed by atoms with Crippen LogP contribution >= 0.6 is 0 Å². The molecule has 0 fully saturated rings. The second-order valence-corrected chi connectivity index (χ2v) is 4.76. The molecule has 1 amide bonds. The number of amides is 1. The van der Waals surface area contributed by atoms with Crippen molar-refractivity contribution < 1.29 is 23.6 Å². The van der Waals surface area contributed by atoms with Crippen LogP contribution in [0.15, 0.2) is 47.0 Å². The number of anilines is 1. The highest BCUT2D eigenvalue weighted by Gasteiger charge is 2.16. The molecule has 8 heteroatoms. The number of carbonyl (C=O) groups excluding carboxylic acids is 2. The molecule has 0 saturated carbocycles. The van der Waals surface area contributed by atoms with Crippen molar-refractivity contribution in [3.05, 3.63) is 59.4 Å². The van der Waals surface area contributed by atoms with Crippen molar-refractivity contribution >= 4 is 18.1 Å². The van der Waals surface area contributed by atoms with Gasteiger partial charge in [0.2, 0.25) is 0 Å². The van der Waals surface area contributed by atoms with Crippen LogP contribution in [-0.2, 0) is 0 Å². The van der Waals surface area contributed by atoms with E-state index < -0.39 is 17.5 Å². The fourth-order valence-electron chi connectivity index (χ4n) is 1.99. The Kier molecular flexibility index (Phi) is 4.02. The highest BCUT2D eigenvalue weighted by molar-refractivity contribution is 6.04. The number of rotatable bonds is 4. The monoisotopic (exact) mass is 327 g/mol. The molecule has 0 spiro atoms. The van der Waals surface area contributed by atoms with E-state index in [1.54, 1.807) is 24.3 Å². The molecule has 0 radical (unpaired) electrons. The zero-order valence-corrected chi connectivity index (χ0v) is 12.1. The van der Waals surface area contributed by atoms with E-state index in [9.17, 15) is 19.1 Å². The van der Waals surface area contributed by atoms with Crippen molar-refractivity contribution in [2.45, 2.75) is 0 Å². The first kappa shape index (κ1) is 15.3. The lowest BCUT2D eigenvalue weighted by molar-refractivity contribution is 0.102. The Labute approximate surface area is 134 Å². The molecule has 7 nitrogen and oxygen atoms in total. The first-order chi connectivity index (χ1) is 11.6. The molecule has 0 atom stereocenters. The summed E-state index contributed by atoms with van der Waals surface area (Å²) in [7, 11) is 0. The number of hydrogen-bond donors (Lipinski definition) is 2. The third-order valence-corrected chi connectivity index (χ3v) is 3.15. The van der Waals surface area contributed by atoms with Gasteiger partial charge in [-0.2, -0.15) is 4.98 Å². The Morgan fingerprint density at radius 1 is 1.25 bits per heavy atom. The molecule has 1 heterocycles. The number of phenols is 1. The van der Waals surface area contributed by atoms with Gasteiger partial charge in [-0.1, -0.05) is 18.2 Å². The summed E-state index contributed by atoms with van der Waals surface area (Å²) in [5.41, 5.74) is 0.168. The molecular weight excluding hydrogens is 317 g/mol. The zero-order chi connectivity index (χ0) is 17.1. The van der Waals surface area contributed by atoms with E-state index in [0.717, 1.165) is 12.1 Å². The number of aromatic nitrogens is 2. The van der Waals surface area contributed by atoms with Gasteiger partial charge in [0.05, 0.1) is 5.56 Å². The van der Waals surface area contributed by atoms with Crippen molar-refractivity contribution in [1.29, 1.82) is 0 Å². The van der Waals surface area contributed by atoms with Crippen LogP contribution in [-0.4, -0.2) is 27.4 Å². The highest BCUT2D eigenvalue weighted by atomic mass is 19.1. The SMILES string of the molecule is O=Cc1cc(C(=O)Nc2noc(-c3ccccc3)n2)cc(F)c1O. The third kappa shape index (κ3) is 2.98. The van der Waals surface area contributed by atoms with Crippen LogP contribution in [0.5, 0.6) is 5.75 Å². The Morgan fingerprint density at radius 3 is 2.71 bits per heavy atom. The lowest BCUT2D eigenvalue weighted by Gasteiger charge is -2.04. The second-order valence-electron chi connectivity index (χ2n) is 4.76. The van der Waals surface area contributed by atoms with Gasteiger partial charge in [0.15, 0.2) is 17.9 Å². The van der Waals surface area contributed by atoms with Crippen molar-refractivity contribution in [2.24, 2.45) is 0 Å². The van der Waals surface area contributed by atoms with Crippen molar-refractivity contribution in [1.82, 2.24) is 10.1 Å². The first-order valence-electron chi connectivity index (χ1n) is 6.76. The minimum Gasteiger partial charge on any atom is -0.504 e. The van der Waals surface area contributed by atoms with Gasteiger partial charge in [0.25, 0.3) is 17.7 Å². The maximum absolute atomic E-state index is 13.5. The lowest BCUT2D eigenvalue weighted by atomic mass is 10.1. The predicted octanol–water partition coefficient (Wildman–Crippen LogP) is 2.65. The normalized spacial score (nSPS) is 10.4. The molecule has 0 aliphatic rings. The van der Waals surface area contributed by atoms with Crippen LogP contribution in [0.4, 0.5) is 10.3 Å². The average Bonchev–Trinajstić information content (AvgIpc) is 3.06. The number of carbonyl (C=O) groups is 2. The number of aromatic hydroxyl groups is 1. The van der Waals surface area contributed by atoms with E-state index in [4.69, 9.17) is 4.52 Å². The van der Waals surface area contributed by atoms with Gasteiger partial charge in [0, 0.05) is 11.1 Å². The number of aldehydes is 1. The van der Waals surface area contributed by atoms with E-state index in [-0.39, 0.29) is 29.3 Å². The maximum Gasteiger partial charge on any atom is 0.270 e. The number of nitrogens with one attached hydrogen (secondary N) is 1.